The molecular formula is C17H22FN3O3. The number of nitrogens with zero attached hydrogens (tertiary/aromatic N) is 3. The van der Waals surface area contributed by atoms with E-state index in [0.717, 1.165) is 0 Å². The topological polar surface area (TPSA) is 67.6 Å². The molecule has 130 valence electrons. The number of benzene rings is 1. The lowest BCUT2D eigenvalue weighted by molar-refractivity contribution is 0.0379. The van der Waals surface area contributed by atoms with Crippen LogP contribution in [0.25, 0.3) is 5.69 Å². The Kier molecular flexibility index (Phi) is 5.69. The molecule has 1 atom stereocenters. The smallest absolute Gasteiger partial charge is 0.257 e. The van der Waals surface area contributed by atoms with Crippen LogP contribution in [-0.4, -0.2) is 59.1 Å². The van der Waals surface area contributed by atoms with Gasteiger partial charge in [0.15, 0.2) is 0 Å². The van der Waals surface area contributed by atoms with Crippen LogP contribution in [0.4, 0.5) is 4.39 Å². The molecule has 0 spiro atoms. The molecule has 1 unspecified atom stereocenters. The fourth-order valence-corrected chi connectivity index (χ4v) is 2.62. The van der Waals surface area contributed by atoms with Gasteiger partial charge in [-0.3, -0.25) is 4.79 Å². The van der Waals surface area contributed by atoms with Crippen LogP contribution in [0.3, 0.4) is 0 Å². The van der Waals surface area contributed by atoms with E-state index >= 15 is 0 Å². The van der Waals surface area contributed by atoms with Gasteiger partial charge in [-0.1, -0.05) is 0 Å². The van der Waals surface area contributed by atoms with E-state index in [1.54, 1.807) is 37.7 Å². The number of carbonyl (C=O) groups excluding carboxylic acids is 1. The summed E-state index contributed by atoms with van der Waals surface area (Å²) in [5, 5.41) is 14.2. The van der Waals surface area contributed by atoms with Crippen molar-refractivity contribution >= 4 is 5.91 Å². The van der Waals surface area contributed by atoms with Gasteiger partial charge in [-0.2, -0.15) is 5.10 Å². The van der Waals surface area contributed by atoms with Gasteiger partial charge in [-0.25, -0.2) is 9.07 Å². The van der Waals surface area contributed by atoms with Gasteiger partial charge in [0.1, 0.15) is 5.82 Å². The maximum atomic E-state index is 13.1. The number of amides is 1. The molecule has 2 aromatic rings. The second kappa shape index (κ2) is 7.55. The van der Waals surface area contributed by atoms with E-state index in [-0.39, 0.29) is 24.9 Å². The van der Waals surface area contributed by atoms with E-state index in [1.807, 2.05) is 0 Å². The highest BCUT2D eigenvalue weighted by Gasteiger charge is 2.23. The molecule has 6 nitrogen and oxygen atoms in total. The standard InChI is InChI=1S/C17H22FN3O3/c1-11-16(17(23)20(3)9-15(22)10-24-4)12(2)21(19-11)14-7-5-13(18)6-8-14/h5-8,15,22H,9-10H2,1-4H3. The number of aryl methyl sites for hydroxylation is 1. The highest BCUT2D eigenvalue weighted by atomic mass is 19.1. The van der Waals surface area contributed by atoms with Crippen molar-refractivity contribution < 1.29 is 19.0 Å². The molecule has 1 aromatic heterocycles. The van der Waals surface area contributed by atoms with Gasteiger partial charge in [-0.05, 0) is 38.1 Å². The lowest BCUT2D eigenvalue weighted by atomic mass is 10.1. The van der Waals surface area contributed by atoms with Crippen molar-refractivity contribution in [1.82, 2.24) is 14.7 Å². The summed E-state index contributed by atoms with van der Waals surface area (Å²) in [5.74, 6) is -0.558. The Morgan fingerprint density at radius 2 is 2.00 bits per heavy atom. The lowest BCUT2D eigenvalue weighted by Crippen LogP contribution is -2.36. The van der Waals surface area contributed by atoms with Crippen LogP contribution in [-0.2, 0) is 4.74 Å². The average molecular weight is 335 g/mol. The zero-order chi connectivity index (χ0) is 17.9. The highest BCUT2D eigenvalue weighted by Crippen LogP contribution is 2.19. The molecule has 1 aromatic carbocycles. The van der Waals surface area contributed by atoms with Crippen LogP contribution in [0.1, 0.15) is 21.7 Å². The molecule has 1 N–H and O–H groups in total. The van der Waals surface area contributed by atoms with Gasteiger partial charge in [0.25, 0.3) is 5.91 Å². The first-order valence-electron chi connectivity index (χ1n) is 7.59. The summed E-state index contributed by atoms with van der Waals surface area (Å²) in [6.07, 6.45) is -0.753. The predicted octanol–water partition coefficient (Wildman–Crippen LogP) is 1.71. The zero-order valence-electron chi connectivity index (χ0n) is 14.3. The SMILES string of the molecule is COCC(O)CN(C)C(=O)c1c(C)nn(-c2ccc(F)cc2)c1C. The number of aliphatic hydroxyl groups is 1. The molecule has 0 aliphatic rings. The quantitative estimate of drug-likeness (QED) is 0.873. The van der Waals surface area contributed by atoms with Gasteiger partial charge < -0.3 is 14.7 Å². The first kappa shape index (κ1) is 18.1. The summed E-state index contributed by atoms with van der Waals surface area (Å²) in [5.41, 5.74) is 2.40. The zero-order valence-corrected chi connectivity index (χ0v) is 14.3. The van der Waals surface area contributed by atoms with Crippen LogP contribution in [0.5, 0.6) is 0 Å². The second-order valence-electron chi connectivity index (χ2n) is 5.73. The molecule has 0 radical (unpaired) electrons. The molecule has 0 fully saturated rings. The summed E-state index contributed by atoms with van der Waals surface area (Å²) in [4.78, 5) is 14.1. The Bertz CT molecular complexity index is 713. The van der Waals surface area contributed by atoms with E-state index in [1.165, 1.54) is 24.1 Å². The fraction of sp³-hybridized carbons (Fsp3) is 0.412. The molecular weight excluding hydrogens is 313 g/mol. The maximum absolute atomic E-state index is 13.1. The van der Waals surface area contributed by atoms with Crippen molar-refractivity contribution in [3.63, 3.8) is 0 Å². The number of hydrogen-bond acceptors (Lipinski definition) is 4. The molecule has 0 aliphatic carbocycles. The number of rotatable bonds is 6. The third kappa shape index (κ3) is 3.80. The number of methoxy groups -OCH3 is 1. The number of halogens is 1. The fourth-order valence-electron chi connectivity index (χ4n) is 2.62. The number of likely N-dealkylation sites (N-methyl/N-ethyl adjacent to an activating group) is 1. The Hall–Kier alpha value is -2.25. The van der Waals surface area contributed by atoms with Crippen molar-refractivity contribution in [2.45, 2.75) is 20.0 Å². The van der Waals surface area contributed by atoms with Crippen LogP contribution < -0.4 is 0 Å². The van der Waals surface area contributed by atoms with Gasteiger partial charge in [-0.15, -0.1) is 0 Å². The molecule has 0 aliphatic heterocycles. The Morgan fingerprint density at radius 3 is 2.58 bits per heavy atom. The van der Waals surface area contributed by atoms with E-state index in [9.17, 15) is 14.3 Å². The molecule has 0 bridgehead atoms. The number of ether oxygens (including phenoxy) is 1. The summed E-state index contributed by atoms with van der Waals surface area (Å²) in [6.45, 7) is 3.85. The summed E-state index contributed by atoms with van der Waals surface area (Å²) in [7, 11) is 3.11. The average Bonchev–Trinajstić information content (AvgIpc) is 2.82. The molecule has 1 amide bonds. The monoisotopic (exact) mass is 335 g/mol. The van der Waals surface area contributed by atoms with Crippen LogP contribution in [0.2, 0.25) is 0 Å². The van der Waals surface area contributed by atoms with Gasteiger partial charge in [0.2, 0.25) is 0 Å². The van der Waals surface area contributed by atoms with E-state index in [4.69, 9.17) is 4.74 Å². The first-order valence-corrected chi connectivity index (χ1v) is 7.59. The highest BCUT2D eigenvalue weighted by molar-refractivity contribution is 5.96. The Labute approximate surface area is 140 Å². The Balaban J connectivity index is 2.28. The lowest BCUT2D eigenvalue weighted by Gasteiger charge is -2.20. The van der Waals surface area contributed by atoms with Crippen molar-refractivity contribution in [3.05, 3.63) is 47.0 Å². The van der Waals surface area contributed by atoms with Crippen LogP contribution in [0, 0.1) is 19.7 Å². The van der Waals surface area contributed by atoms with Crippen molar-refractivity contribution in [2.24, 2.45) is 0 Å². The van der Waals surface area contributed by atoms with Crippen LogP contribution in [0.15, 0.2) is 24.3 Å². The van der Waals surface area contributed by atoms with Gasteiger partial charge in [0, 0.05) is 20.7 Å². The normalized spacial score (nSPS) is 12.2. The molecule has 0 saturated carbocycles. The minimum Gasteiger partial charge on any atom is -0.389 e. The summed E-state index contributed by atoms with van der Waals surface area (Å²) < 4.78 is 19.6. The maximum Gasteiger partial charge on any atom is 0.257 e. The Morgan fingerprint density at radius 1 is 1.38 bits per heavy atom. The molecule has 24 heavy (non-hydrogen) atoms. The second-order valence-corrected chi connectivity index (χ2v) is 5.73. The van der Waals surface area contributed by atoms with E-state index in [2.05, 4.69) is 5.10 Å². The third-order valence-electron chi connectivity index (χ3n) is 3.77. The van der Waals surface area contributed by atoms with Crippen LogP contribution >= 0.6 is 0 Å². The van der Waals surface area contributed by atoms with Gasteiger partial charge in [0.05, 0.1) is 35.3 Å². The molecule has 0 saturated heterocycles. The number of aromatic nitrogens is 2. The predicted molar refractivity (Wildman–Crippen MR) is 87.8 cm³/mol. The van der Waals surface area contributed by atoms with Gasteiger partial charge >= 0.3 is 0 Å². The summed E-state index contributed by atoms with van der Waals surface area (Å²) in [6, 6.07) is 5.91. The van der Waals surface area contributed by atoms with E-state index < -0.39 is 6.10 Å². The summed E-state index contributed by atoms with van der Waals surface area (Å²) >= 11 is 0. The largest absolute Gasteiger partial charge is 0.389 e. The number of carbonyl (C=O) groups is 1. The first-order chi connectivity index (χ1) is 11.3. The minimum atomic E-state index is -0.753. The van der Waals surface area contributed by atoms with Crippen molar-refractivity contribution in [2.75, 3.05) is 27.3 Å². The molecule has 2 rings (SSSR count). The van der Waals surface area contributed by atoms with E-state index in [0.29, 0.717) is 22.6 Å². The van der Waals surface area contributed by atoms with Crippen molar-refractivity contribution in [1.29, 1.82) is 0 Å². The number of hydrogen-bond donors (Lipinski definition) is 1. The number of aliphatic hydroxyl groups excluding tert-OH is 1. The molecule has 7 heteroatoms. The van der Waals surface area contributed by atoms with Crippen molar-refractivity contribution in [3.8, 4) is 5.69 Å². The third-order valence-corrected chi connectivity index (χ3v) is 3.77. The minimum absolute atomic E-state index is 0.157. The molecule has 1 heterocycles.